The molecule has 0 atom stereocenters. The van der Waals surface area contributed by atoms with E-state index in [1.54, 1.807) is 0 Å². The second kappa shape index (κ2) is 4.34. The number of thioether (sulfide) groups is 1. The zero-order valence-electron chi connectivity index (χ0n) is 7.68. The lowest BCUT2D eigenvalue weighted by atomic mass is 10.2. The maximum atomic E-state index is 8.65. The highest BCUT2D eigenvalue weighted by Gasteiger charge is 2.11. The number of thiazole rings is 1. The number of hydrogen-bond acceptors (Lipinski definition) is 5. The second-order valence-corrected chi connectivity index (χ2v) is 4.83. The topological polar surface area (TPSA) is 62.7 Å². The van der Waals surface area contributed by atoms with Crippen LogP contribution in [0.25, 0.3) is 11.3 Å². The van der Waals surface area contributed by atoms with Crippen molar-refractivity contribution in [3.8, 4) is 16.7 Å². The van der Waals surface area contributed by atoms with Gasteiger partial charge in [0, 0.05) is 17.3 Å². The predicted octanol–water partition coefficient (Wildman–Crippen LogP) is 2.97. The van der Waals surface area contributed by atoms with Crippen LogP contribution in [0.15, 0.2) is 34.5 Å². The summed E-state index contributed by atoms with van der Waals surface area (Å²) in [6.07, 6.45) is 0. The van der Waals surface area contributed by atoms with Crippen molar-refractivity contribution < 1.29 is 0 Å². The van der Waals surface area contributed by atoms with Gasteiger partial charge in [-0.2, -0.15) is 5.26 Å². The van der Waals surface area contributed by atoms with Gasteiger partial charge in [0.2, 0.25) is 0 Å². The van der Waals surface area contributed by atoms with Gasteiger partial charge < -0.3 is 5.73 Å². The van der Waals surface area contributed by atoms with E-state index in [1.165, 1.54) is 11.3 Å². The smallest absolute Gasteiger partial charge is 0.181 e. The zero-order valence-corrected chi connectivity index (χ0v) is 9.31. The second-order valence-electron chi connectivity index (χ2n) is 2.75. The van der Waals surface area contributed by atoms with Crippen LogP contribution in [-0.4, -0.2) is 4.98 Å². The summed E-state index contributed by atoms with van der Waals surface area (Å²) in [6, 6.07) is 9.72. The van der Waals surface area contributed by atoms with Crippen molar-refractivity contribution in [2.45, 2.75) is 4.21 Å². The number of rotatable bonds is 2. The molecule has 0 radical (unpaired) electrons. The van der Waals surface area contributed by atoms with Crippen LogP contribution in [-0.2, 0) is 0 Å². The molecule has 1 heterocycles. The summed E-state index contributed by atoms with van der Waals surface area (Å²) >= 11 is 2.44. The third-order valence-corrected chi connectivity index (χ3v) is 3.45. The Morgan fingerprint density at radius 2 is 2.07 bits per heavy atom. The molecule has 3 nitrogen and oxygen atoms in total. The molecule has 0 bridgehead atoms. The lowest BCUT2D eigenvalue weighted by Crippen LogP contribution is -1.82. The van der Waals surface area contributed by atoms with Crippen LogP contribution >= 0.6 is 23.1 Å². The van der Waals surface area contributed by atoms with Crippen LogP contribution in [0.1, 0.15) is 0 Å². The minimum absolute atomic E-state index is 0.492. The number of nitriles is 1. The van der Waals surface area contributed by atoms with Crippen molar-refractivity contribution in [3.05, 3.63) is 30.3 Å². The highest BCUT2D eigenvalue weighted by atomic mass is 32.2. The highest BCUT2D eigenvalue weighted by molar-refractivity contribution is 8.05. The van der Waals surface area contributed by atoms with Gasteiger partial charge in [-0.15, -0.1) is 0 Å². The maximum Gasteiger partial charge on any atom is 0.181 e. The Labute approximate surface area is 95.6 Å². The molecule has 74 valence electrons. The summed E-state index contributed by atoms with van der Waals surface area (Å²) in [5, 5.41) is 11.2. The molecule has 0 aliphatic rings. The molecule has 2 N–H and O–H groups in total. The van der Waals surface area contributed by atoms with E-state index in [9.17, 15) is 0 Å². The Kier molecular flexibility index (Phi) is 2.90. The molecule has 0 saturated heterocycles. The number of nitrogens with two attached hydrogens (primary N) is 1. The molecule has 0 fully saturated rings. The Balaban J connectivity index is 2.49. The lowest BCUT2D eigenvalue weighted by Gasteiger charge is -1.96. The Morgan fingerprint density at radius 1 is 1.33 bits per heavy atom. The van der Waals surface area contributed by atoms with Gasteiger partial charge in [0.25, 0.3) is 0 Å². The van der Waals surface area contributed by atoms with Gasteiger partial charge in [-0.05, 0) is 0 Å². The number of nitrogen functional groups attached to an aromatic ring is 1. The third-order valence-electron chi connectivity index (χ3n) is 1.80. The SMILES string of the molecule is N#CSc1sc(N)nc1-c1ccccc1. The summed E-state index contributed by atoms with van der Waals surface area (Å²) in [5.41, 5.74) is 7.42. The Morgan fingerprint density at radius 3 is 2.73 bits per heavy atom. The van der Waals surface area contributed by atoms with E-state index in [0.717, 1.165) is 27.2 Å². The highest BCUT2D eigenvalue weighted by Crippen LogP contribution is 2.36. The number of nitrogens with zero attached hydrogens (tertiary/aromatic N) is 2. The fraction of sp³-hybridized carbons (Fsp3) is 0. The minimum atomic E-state index is 0.492. The van der Waals surface area contributed by atoms with E-state index in [-0.39, 0.29) is 0 Å². The fourth-order valence-corrected chi connectivity index (χ4v) is 2.68. The lowest BCUT2D eigenvalue weighted by molar-refractivity contribution is 1.37. The van der Waals surface area contributed by atoms with Crippen molar-refractivity contribution in [1.82, 2.24) is 4.98 Å². The first kappa shape index (κ1) is 10.0. The number of anilines is 1. The van der Waals surface area contributed by atoms with Gasteiger partial charge in [0.15, 0.2) is 5.13 Å². The van der Waals surface area contributed by atoms with E-state index in [4.69, 9.17) is 11.0 Å². The van der Waals surface area contributed by atoms with Gasteiger partial charge in [0.05, 0.1) is 5.69 Å². The fourth-order valence-electron chi connectivity index (χ4n) is 1.21. The largest absolute Gasteiger partial charge is 0.375 e. The van der Waals surface area contributed by atoms with Crippen LogP contribution in [0.2, 0.25) is 0 Å². The van der Waals surface area contributed by atoms with Crippen LogP contribution < -0.4 is 5.73 Å². The molecule has 2 rings (SSSR count). The Hall–Kier alpha value is -1.51. The molecular formula is C10H7N3S2. The van der Waals surface area contributed by atoms with Crippen molar-refractivity contribution in [2.24, 2.45) is 0 Å². The third kappa shape index (κ3) is 2.12. The molecule has 0 unspecified atom stereocenters. The summed E-state index contributed by atoms with van der Waals surface area (Å²) in [4.78, 5) is 4.22. The quantitative estimate of drug-likeness (QED) is 0.640. The van der Waals surface area contributed by atoms with E-state index in [1.807, 2.05) is 35.7 Å². The number of aromatic nitrogens is 1. The molecule has 0 spiro atoms. The zero-order chi connectivity index (χ0) is 10.7. The molecule has 2 aromatic rings. The summed E-state index contributed by atoms with van der Waals surface area (Å²) in [6.45, 7) is 0. The molecule has 0 saturated carbocycles. The van der Waals surface area contributed by atoms with Crippen LogP contribution in [0.4, 0.5) is 5.13 Å². The van der Waals surface area contributed by atoms with Crippen molar-refractivity contribution >= 4 is 28.2 Å². The van der Waals surface area contributed by atoms with Crippen LogP contribution in [0.3, 0.4) is 0 Å². The molecule has 1 aromatic heterocycles. The van der Waals surface area contributed by atoms with E-state index < -0.39 is 0 Å². The first-order valence-electron chi connectivity index (χ1n) is 4.19. The predicted molar refractivity (Wildman–Crippen MR) is 63.4 cm³/mol. The summed E-state index contributed by atoms with van der Waals surface area (Å²) < 4.78 is 0.848. The van der Waals surface area contributed by atoms with Gasteiger partial charge in [0.1, 0.15) is 9.61 Å². The van der Waals surface area contributed by atoms with Gasteiger partial charge in [-0.1, -0.05) is 41.7 Å². The van der Waals surface area contributed by atoms with E-state index >= 15 is 0 Å². The first-order valence-corrected chi connectivity index (χ1v) is 5.82. The molecule has 15 heavy (non-hydrogen) atoms. The van der Waals surface area contributed by atoms with Crippen LogP contribution in [0, 0.1) is 10.7 Å². The van der Waals surface area contributed by atoms with Gasteiger partial charge in [-0.3, -0.25) is 0 Å². The molecule has 0 aliphatic heterocycles. The monoisotopic (exact) mass is 233 g/mol. The standard InChI is InChI=1S/C10H7N3S2/c11-6-14-9-8(13-10(12)15-9)7-4-2-1-3-5-7/h1-5H,(H2,12,13). The molecular weight excluding hydrogens is 226 g/mol. The first-order chi connectivity index (χ1) is 7.31. The van der Waals surface area contributed by atoms with Gasteiger partial charge >= 0.3 is 0 Å². The van der Waals surface area contributed by atoms with Gasteiger partial charge in [-0.25, -0.2) is 4.98 Å². The van der Waals surface area contributed by atoms with Crippen molar-refractivity contribution in [2.75, 3.05) is 5.73 Å². The van der Waals surface area contributed by atoms with Crippen LogP contribution in [0.5, 0.6) is 0 Å². The average molecular weight is 233 g/mol. The van der Waals surface area contributed by atoms with E-state index in [2.05, 4.69) is 4.98 Å². The Bertz CT molecular complexity index is 499. The minimum Gasteiger partial charge on any atom is -0.375 e. The number of benzene rings is 1. The maximum absolute atomic E-state index is 8.65. The van der Waals surface area contributed by atoms with E-state index in [0.29, 0.717) is 5.13 Å². The average Bonchev–Trinajstić information content (AvgIpc) is 2.62. The summed E-state index contributed by atoms with van der Waals surface area (Å²) in [5.74, 6) is 0. The van der Waals surface area contributed by atoms with Crippen molar-refractivity contribution in [3.63, 3.8) is 0 Å². The normalized spacial score (nSPS) is 9.80. The summed E-state index contributed by atoms with van der Waals surface area (Å²) in [7, 11) is 0. The number of hydrogen-bond donors (Lipinski definition) is 1. The number of thiocyanates is 1. The molecule has 1 aromatic carbocycles. The van der Waals surface area contributed by atoms with Crippen molar-refractivity contribution in [1.29, 1.82) is 5.26 Å². The molecule has 0 amide bonds. The molecule has 0 aliphatic carbocycles. The molecule has 5 heteroatoms.